The van der Waals surface area contributed by atoms with Crippen LogP contribution in [0, 0.1) is 13.8 Å². The second-order valence-electron chi connectivity index (χ2n) is 17.8. The average Bonchev–Trinajstić information content (AvgIpc) is 3.40. The summed E-state index contributed by atoms with van der Waals surface area (Å²) >= 11 is 10.9. The Bertz CT molecular complexity index is 2880. The molecule has 0 radical (unpaired) electrons. The predicted octanol–water partition coefficient (Wildman–Crippen LogP) is 7.47. The molecule has 18 nitrogen and oxygen atoms in total. The van der Waals surface area contributed by atoms with Gasteiger partial charge in [0.25, 0.3) is 0 Å². The van der Waals surface area contributed by atoms with Crippen molar-refractivity contribution in [3.8, 4) is 0 Å². The number of nitrogens with two attached hydrogens (primary N) is 3. The highest BCUT2D eigenvalue weighted by Gasteiger charge is 2.26. The lowest BCUT2D eigenvalue weighted by atomic mass is 10.2. The van der Waals surface area contributed by atoms with E-state index in [1.807, 2.05) is 39.8 Å². The molecule has 6 aromatic rings. The summed E-state index contributed by atoms with van der Waals surface area (Å²) in [4.78, 5) is 78.7. The van der Waals surface area contributed by atoms with Crippen LogP contribution in [0.25, 0.3) is 0 Å². The minimum Gasteiger partial charge on any atom is -0.368 e. The van der Waals surface area contributed by atoms with E-state index in [1.165, 1.54) is 11.1 Å². The van der Waals surface area contributed by atoms with Crippen LogP contribution in [-0.4, -0.2) is 141 Å². The van der Waals surface area contributed by atoms with Gasteiger partial charge in [0.2, 0.25) is 35.6 Å². The van der Waals surface area contributed by atoms with Gasteiger partial charge in [0.05, 0.1) is 14.7 Å². The third-order valence-electron chi connectivity index (χ3n) is 12.5. The number of rotatable bonds is 10. The molecular formula is C52H64ClN15O3S3. The van der Waals surface area contributed by atoms with Crippen molar-refractivity contribution in [2.75, 3.05) is 110 Å². The molecule has 3 aromatic carbocycles. The molecule has 6 heterocycles. The van der Waals surface area contributed by atoms with Crippen LogP contribution in [0.2, 0.25) is 5.02 Å². The van der Waals surface area contributed by atoms with Crippen LogP contribution < -0.4 is 31.9 Å². The highest BCUT2D eigenvalue weighted by atomic mass is 35.5. The first-order chi connectivity index (χ1) is 35.5. The normalized spacial score (nSPS) is 14.7. The number of nitrogens with zero attached hydrogens (tertiary/aromatic N) is 12. The molecule has 9 rings (SSSR count). The maximum Gasteiger partial charge on any atom is 0.222 e. The van der Waals surface area contributed by atoms with E-state index in [9.17, 15) is 14.4 Å². The van der Waals surface area contributed by atoms with Gasteiger partial charge < -0.3 is 46.6 Å². The number of nitrogen functional groups attached to an aromatic ring is 3. The van der Waals surface area contributed by atoms with Crippen LogP contribution in [0.3, 0.4) is 0 Å². The van der Waals surface area contributed by atoms with Gasteiger partial charge in [-0.05, 0) is 73.9 Å². The molecule has 22 heteroatoms. The first kappa shape index (κ1) is 55.2. The second kappa shape index (κ2) is 26.1. The molecule has 0 saturated carbocycles. The van der Waals surface area contributed by atoms with Crippen molar-refractivity contribution in [3.63, 3.8) is 0 Å². The van der Waals surface area contributed by atoms with Gasteiger partial charge in [-0.15, -0.1) is 0 Å². The SMILES string of the molecule is CC(=O)N1CCN(c2nc(N)ncc2Sc2ccc(C)cc2)CC1.CC(=O)N1CCN(c2nc(N)ncc2Sc2ccc(Cl)cc2C)CC1.CCc1ccc(Sc2cnc(N)nc2N2CCN(C(C)=O)CC2)cc1. The number of carbonyl (C=O) groups excluding carboxylic acids is 3. The Kier molecular flexibility index (Phi) is 19.5. The molecule has 3 fully saturated rings. The third-order valence-corrected chi connectivity index (χ3v) is 16.0. The average molecular weight is 1080 g/mol. The van der Waals surface area contributed by atoms with Gasteiger partial charge in [-0.2, -0.15) is 15.0 Å². The van der Waals surface area contributed by atoms with Crippen LogP contribution in [0.4, 0.5) is 35.3 Å². The van der Waals surface area contributed by atoms with E-state index >= 15 is 0 Å². The third kappa shape index (κ3) is 15.3. The summed E-state index contributed by atoms with van der Waals surface area (Å²) < 4.78 is 0. The first-order valence-corrected chi connectivity index (χ1v) is 27.2. The van der Waals surface area contributed by atoms with E-state index < -0.39 is 0 Å². The molecule has 390 valence electrons. The Morgan fingerprint density at radius 3 is 1.19 bits per heavy atom. The fourth-order valence-electron chi connectivity index (χ4n) is 8.22. The number of anilines is 6. The molecule has 0 atom stereocenters. The second-order valence-corrected chi connectivity index (χ2v) is 21.5. The zero-order valence-electron chi connectivity index (χ0n) is 42.7. The topological polar surface area (TPSA) is 226 Å². The Morgan fingerprint density at radius 1 is 0.500 bits per heavy atom. The molecular weight excluding hydrogens is 1010 g/mol. The van der Waals surface area contributed by atoms with Crippen LogP contribution >= 0.6 is 46.9 Å². The molecule has 3 aliphatic rings. The van der Waals surface area contributed by atoms with E-state index in [2.05, 4.69) is 107 Å². The highest BCUT2D eigenvalue weighted by molar-refractivity contribution is 8.00. The lowest BCUT2D eigenvalue weighted by molar-refractivity contribution is -0.129. The summed E-state index contributed by atoms with van der Waals surface area (Å²) in [6.45, 7) is 19.7. The number of aryl methyl sites for hydroxylation is 3. The molecule has 3 aromatic heterocycles. The van der Waals surface area contributed by atoms with Gasteiger partial charge in [0, 0.05) is 138 Å². The fraction of sp³-hybridized carbons (Fsp3) is 0.365. The summed E-state index contributed by atoms with van der Waals surface area (Å²) in [6, 6.07) is 22.7. The van der Waals surface area contributed by atoms with Crippen molar-refractivity contribution >= 4 is 99.9 Å². The Morgan fingerprint density at radius 2 is 0.851 bits per heavy atom. The van der Waals surface area contributed by atoms with Crippen molar-refractivity contribution in [2.45, 2.75) is 77.3 Å². The summed E-state index contributed by atoms with van der Waals surface area (Å²) in [6.07, 6.45) is 6.35. The quantitative estimate of drug-likeness (QED) is 0.121. The van der Waals surface area contributed by atoms with Gasteiger partial charge in [0.15, 0.2) is 0 Å². The monoisotopic (exact) mass is 1080 g/mol. The van der Waals surface area contributed by atoms with Gasteiger partial charge in [-0.3, -0.25) is 14.4 Å². The lowest BCUT2D eigenvalue weighted by Gasteiger charge is -2.35. The van der Waals surface area contributed by atoms with E-state index in [1.54, 1.807) is 74.6 Å². The summed E-state index contributed by atoms with van der Waals surface area (Å²) in [5, 5.41) is 0.719. The van der Waals surface area contributed by atoms with Crippen molar-refractivity contribution in [1.82, 2.24) is 44.6 Å². The highest BCUT2D eigenvalue weighted by Crippen LogP contribution is 2.38. The van der Waals surface area contributed by atoms with Crippen molar-refractivity contribution in [3.05, 3.63) is 107 Å². The molecule has 3 amide bonds. The molecule has 74 heavy (non-hydrogen) atoms. The number of amides is 3. The molecule has 6 N–H and O–H groups in total. The van der Waals surface area contributed by atoms with Crippen LogP contribution in [-0.2, 0) is 20.8 Å². The standard InChI is InChI=1S/C18H23N5OS.C17H20ClN5OS.C17H21N5OS/c1-3-14-4-6-15(7-5-14)25-16-12-20-18(19)21-17(16)23-10-8-22(9-11-23)13(2)24;1-11-9-13(18)3-4-14(11)25-15-10-20-17(19)21-16(15)23-7-5-22(6-8-23)12(2)24;1-12-3-5-14(6-4-12)24-15-11-19-17(18)20-16(15)22-9-7-21(8-10-22)13(2)23/h4-7,12H,3,8-11H2,1-2H3,(H2,19,20,21);3-4,9-10H,5-8H2,1-2H3,(H2,19,20,21);3-6,11H,7-10H2,1-2H3,(H2,18,19,20). The Labute approximate surface area is 451 Å². The molecule has 3 saturated heterocycles. The Balaban J connectivity index is 0.000000162. The predicted molar refractivity (Wildman–Crippen MR) is 298 cm³/mol. The zero-order valence-corrected chi connectivity index (χ0v) is 45.9. The lowest BCUT2D eigenvalue weighted by Crippen LogP contribution is -2.48. The fourth-order valence-corrected chi connectivity index (χ4v) is 11.2. The van der Waals surface area contributed by atoms with Gasteiger partial charge in [-0.1, -0.05) is 83.6 Å². The smallest absolute Gasteiger partial charge is 0.222 e. The van der Waals surface area contributed by atoms with Crippen LogP contribution in [0.1, 0.15) is 44.4 Å². The van der Waals surface area contributed by atoms with E-state index in [0.29, 0.717) is 39.3 Å². The van der Waals surface area contributed by atoms with E-state index in [0.717, 1.165) is 103 Å². The summed E-state index contributed by atoms with van der Waals surface area (Å²) in [5.74, 6) is 3.64. The zero-order chi connectivity index (χ0) is 52.9. The summed E-state index contributed by atoms with van der Waals surface area (Å²) in [5.41, 5.74) is 21.1. The number of benzene rings is 3. The minimum absolute atomic E-state index is 0.105. The van der Waals surface area contributed by atoms with Gasteiger partial charge in [0.1, 0.15) is 17.5 Å². The van der Waals surface area contributed by atoms with E-state index in [-0.39, 0.29) is 35.6 Å². The number of hydrogen-bond donors (Lipinski definition) is 3. The van der Waals surface area contributed by atoms with Gasteiger partial charge >= 0.3 is 0 Å². The molecule has 0 aliphatic carbocycles. The maximum atomic E-state index is 11.5. The van der Waals surface area contributed by atoms with Crippen molar-refractivity contribution in [1.29, 1.82) is 0 Å². The van der Waals surface area contributed by atoms with Crippen molar-refractivity contribution in [2.24, 2.45) is 0 Å². The number of halogens is 1. The summed E-state index contributed by atoms with van der Waals surface area (Å²) in [7, 11) is 0. The first-order valence-electron chi connectivity index (χ1n) is 24.4. The molecule has 0 spiro atoms. The Hall–Kier alpha value is -6.55. The number of aromatic nitrogens is 6. The molecule has 3 aliphatic heterocycles. The molecule has 0 unspecified atom stereocenters. The van der Waals surface area contributed by atoms with Crippen molar-refractivity contribution < 1.29 is 14.4 Å². The number of piperazine rings is 3. The van der Waals surface area contributed by atoms with E-state index in [4.69, 9.17) is 28.8 Å². The largest absolute Gasteiger partial charge is 0.368 e. The van der Waals surface area contributed by atoms with Crippen LogP contribution in [0.15, 0.2) is 115 Å². The number of hydrogen-bond acceptors (Lipinski definition) is 18. The van der Waals surface area contributed by atoms with Crippen LogP contribution in [0.5, 0.6) is 0 Å². The van der Waals surface area contributed by atoms with Gasteiger partial charge in [-0.25, -0.2) is 15.0 Å². The molecule has 0 bridgehead atoms. The maximum absolute atomic E-state index is 11.5. The number of carbonyl (C=O) groups is 3. The minimum atomic E-state index is 0.105.